The highest BCUT2D eigenvalue weighted by atomic mass is 15.4. The molecule has 0 saturated carbocycles. The molecule has 27 heavy (non-hydrogen) atoms. The summed E-state index contributed by atoms with van der Waals surface area (Å²) in [7, 11) is 0. The molecule has 2 nitrogen and oxygen atoms in total. The molecule has 3 aromatic carbocycles. The summed E-state index contributed by atoms with van der Waals surface area (Å²) in [6.45, 7) is 2.14. The third kappa shape index (κ3) is 2.92. The minimum Gasteiger partial charge on any atom is -0.273 e. The van der Waals surface area contributed by atoms with Crippen LogP contribution >= 0.6 is 0 Å². The average molecular weight is 350 g/mol. The maximum Gasteiger partial charge on any atom is 0.0740 e. The first-order valence-corrected chi connectivity index (χ1v) is 9.52. The summed E-state index contributed by atoms with van der Waals surface area (Å²) < 4.78 is 0. The molecule has 2 heteroatoms. The smallest absolute Gasteiger partial charge is 0.0740 e. The molecule has 0 N–H and O–H groups in total. The Morgan fingerprint density at radius 1 is 0.704 bits per heavy atom. The van der Waals surface area contributed by atoms with Crippen LogP contribution in [0.15, 0.2) is 102 Å². The van der Waals surface area contributed by atoms with Gasteiger partial charge in [-0.25, -0.2) is 0 Å². The lowest BCUT2D eigenvalue weighted by molar-refractivity contribution is 0.438. The number of hydrogen-bond donors (Lipinski definition) is 0. The van der Waals surface area contributed by atoms with Crippen molar-refractivity contribution < 1.29 is 0 Å². The Balaban J connectivity index is 1.57. The molecule has 1 fully saturated rings. The number of nitrogens with zero attached hydrogens (tertiary/aromatic N) is 2. The van der Waals surface area contributed by atoms with E-state index in [1.165, 1.54) is 22.3 Å². The van der Waals surface area contributed by atoms with E-state index < -0.39 is 0 Å². The van der Waals surface area contributed by atoms with Gasteiger partial charge in [0.2, 0.25) is 0 Å². The minimum absolute atomic E-state index is 0.243. The lowest BCUT2D eigenvalue weighted by atomic mass is 10.0. The minimum atomic E-state index is 0.243. The molecule has 1 saturated heterocycles. The van der Waals surface area contributed by atoms with E-state index in [1.807, 2.05) is 6.20 Å². The van der Waals surface area contributed by atoms with Crippen LogP contribution in [0.1, 0.15) is 34.3 Å². The molecule has 132 valence electrons. The zero-order chi connectivity index (χ0) is 18.2. The maximum absolute atomic E-state index is 4.88. The molecule has 0 bridgehead atoms. The van der Waals surface area contributed by atoms with Gasteiger partial charge in [0.1, 0.15) is 0 Å². The van der Waals surface area contributed by atoms with Crippen molar-refractivity contribution in [1.29, 1.82) is 0 Å². The molecule has 0 aromatic heterocycles. The van der Waals surface area contributed by atoms with Crippen molar-refractivity contribution >= 4 is 5.71 Å². The van der Waals surface area contributed by atoms with E-state index in [0.29, 0.717) is 12.1 Å². The van der Waals surface area contributed by atoms with E-state index >= 15 is 0 Å². The quantitative estimate of drug-likeness (QED) is 0.571. The summed E-state index contributed by atoms with van der Waals surface area (Å²) >= 11 is 0. The first-order chi connectivity index (χ1) is 13.3. The van der Waals surface area contributed by atoms with Crippen LogP contribution in [0.3, 0.4) is 0 Å². The van der Waals surface area contributed by atoms with Gasteiger partial charge in [0.25, 0.3) is 0 Å². The summed E-state index contributed by atoms with van der Waals surface area (Å²) in [5.41, 5.74) is 6.35. The number of aryl methyl sites for hydroxylation is 1. The zero-order valence-electron chi connectivity index (χ0n) is 15.4. The van der Waals surface area contributed by atoms with E-state index in [2.05, 4.69) is 103 Å². The molecular formula is C25H22N2. The van der Waals surface area contributed by atoms with Crippen molar-refractivity contribution in [3.8, 4) is 0 Å². The van der Waals surface area contributed by atoms with Gasteiger partial charge in [0, 0.05) is 6.20 Å². The van der Waals surface area contributed by atoms with Gasteiger partial charge in [0.05, 0.1) is 23.8 Å². The fourth-order valence-electron chi connectivity index (χ4n) is 4.17. The maximum atomic E-state index is 4.88. The SMILES string of the molecule is Cc1ccc([C@H]2[C@H]3C(c4ccccc4)=NC=C[C@@H](c4ccccc4)N32)cc1. The van der Waals surface area contributed by atoms with Gasteiger partial charge in [-0.15, -0.1) is 0 Å². The molecule has 3 aromatic rings. The Morgan fingerprint density at radius 2 is 1.37 bits per heavy atom. The fraction of sp³-hybridized carbons (Fsp3) is 0.160. The molecular weight excluding hydrogens is 328 g/mol. The molecule has 0 amide bonds. The zero-order valence-corrected chi connectivity index (χ0v) is 15.4. The summed E-state index contributed by atoms with van der Waals surface area (Å²) in [4.78, 5) is 7.46. The molecule has 2 aliphatic heterocycles. The third-order valence-electron chi connectivity index (χ3n) is 5.56. The van der Waals surface area contributed by atoms with Crippen LogP contribution in [0.5, 0.6) is 0 Å². The fourth-order valence-corrected chi connectivity index (χ4v) is 4.17. The van der Waals surface area contributed by atoms with Crippen molar-refractivity contribution in [3.05, 3.63) is 119 Å². The number of aliphatic imine (C=N–C) groups is 1. The van der Waals surface area contributed by atoms with E-state index in [1.54, 1.807) is 0 Å². The lowest BCUT2D eigenvalue weighted by Gasteiger charge is -2.16. The van der Waals surface area contributed by atoms with Gasteiger partial charge in [-0.1, -0.05) is 90.5 Å². The predicted molar refractivity (Wildman–Crippen MR) is 111 cm³/mol. The monoisotopic (exact) mass is 350 g/mol. The van der Waals surface area contributed by atoms with E-state index in [4.69, 9.17) is 4.99 Å². The molecule has 0 spiro atoms. The van der Waals surface area contributed by atoms with Gasteiger partial charge < -0.3 is 0 Å². The number of hydrogen-bond acceptors (Lipinski definition) is 2. The van der Waals surface area contributed by atoms with Crippen molar-refractivity contribution in [2.45, 2.75) is 25.0 Å². The van der Waals surface area contributed by atoms with E-state index in [0.717, 1.165) is 5.71 Å². The van der Waals surface area contributed by atoms with Gasteiger partial charge in [-0.3, -0.25) is 9.89 Å². The van der Waals surface area contributed by atoms with Gasteiger partial charge >= 0.3 is 0 Å². The van der Waals surface area contributed by atoms with Crippen LogP contribution in [0.4, 0.5) is 0 Å². The number of benzene rings is 3. The van der Waals surface area contributed by atoms with Crippen LogP contribution in [0, 0.1) is 6.92 Å². The van der Waals surface area contributed by atoms with Crippen molar-refractivity contribution in [2.24, 2.45) is 4.99 Å². The highest BCUT2D eigenvalue weighted by molar-refractivity contribution is 6.07. The predicted octanol–water partition coefficient (Wildman–Crippen LogP) is 5.48. The second kappa shape index (κ2) is 6.64. The van der Waals surface area contributed by atoms with Crippen LogP contribution < -0.4 is 0 Å². The summed E-state index contributed by atoms with van der Waals surface area (Å²) in [6.07, 6.45) is 4.21. The van der Waals surface area contributed by atoms with Crippen LogP contribution in [0.25, 0.3) is 0 Å². The second-order valence-corrected chi connectivity index (χ2v) is 7.32. The van der Waals surface area contributed by atoms with Crippen molar-refractivity contribution in [1.82, 2.24) is 4.90 Å². The molecule has 4 atom stereocenters. The first-order valence-electron chi connectivity index (χ1n) is 9.52. The van der Waals surface area contributed by atoms with Crippen LogP contribution in [0.2, 0.25) is 0 Å². The first kappa shape index (κ1) is 16.2. The van der Waals surface area contributed by atoms with Crippen molar-refractivity contribution in [2.75, 3.05) is 0 Å². The van der Waals surface area contributed by atoms with Gasteiger partial charge in [-0.2, -0.15) is 0 Å². The Labute approximate surface area is 160 Å². The summed E-state index contributed by atoms with van der Waals surface area (Å²) in [5.74, 6) is 0. The third-order valence-corrected chi connectivity index (χ3v) is 5.56. The summed E-state index contributed by atoms with van der Waals surface area (Å²) in [5, 5.41) is 0. The highest BCUT2D eigenvalue weighted by Crippen LogP contribution is 2.52. The van der Waals surface area contributed by atoms with Crippen molar-refractivity contribution in [3.63, 3.8) is 0 Å². The number of fused-ring (bicyclic) bond motifs is 1. The molecule has 2 heterocycles. The van der Waals surface area contributed by atoms with E-state index in [-0.39, 0.29) is 6.04 Å². The Hall–Kier alpha value is -2.97. The summed E-state index contributed by atoms with van der Waals surface area (Å²) in [6, 6.07) is 31.2. The lowest BCUT2D eigenvalue weighted by Crippen LogP contribution is -2.15. The normalized spacial score (nSPS) is 26.0. The van der Waals surface area contributed by atoms with Gasteiger partial charge in [-0.05, 0) is 29.7 Å². The van der Waals surface area contributed by atoms with E-state index in [9.17, 15) is 0 Å². The Morgan fingerprint density at radius 3 is 2.07 bits per heavy atom. The highest BCUT2D eigenvalue weighted by Gasteiger charge is 2.55. The Kier molecular flexibility index (Phi) is 3.99. The molecule has 0 radical (unpaired) electrons. The molecule has 5 rings (SSSR count). The van der Waals surface area contributed by atoms with Crippen LogP contribution in [-0.2, 0) is 0 Å². The number of rotatable bonds is 3. The molecule has 1 unspecified atom stereocenters. The van der Waals surface area contributed by atoms with Crippen LogP contribution in [-0.4, -0.2) is 16.7 Å². The standard InChI is InChI=1S/C25H22N2/c1-18-12-14-21(15-13-18)24-25-23(20-10-6-3-7-11-20)26-17-16-22(27(24)25)19-8-4-2-5-9-19/h2-17,22,24-25H,1H3/t22-,24-,25+,27?/m0/s1. The molecule has 0 aliphatic carbocycles. The topological polar surface area (TPSA) is 15.4 Å². The average Bonchev–Trinajstić information content (AvgIpc) is 3.47. The van der Waals surface area contributed by atoms with Gasteiger partial charge in [0.15, 0.2) is 0 Å². The Bertz CT molecular complexity index is 988. The second-order valence-electron chi connectivity index (χ2n) is 7.32. The largest absolute Gasteiger partial charge is 0.273 e. The molecule has 2 aliphatic rings.